The van der Waals surface area contributed by atoms with Crippen LogP contribution in [0.5, 0.6) is 5.75 Å². The zero-order valence-corrected chi connectivity index (χ0v) is 17.3. The number of methoxy groups -OCH3 is 1. The van der Waals surface area contributed by atoms with Crippen LogP contribution < -0.4 is 21.5 Å². The average molecular weight is 459 g/mol. The Morgan fingerprint density at radius 3 is 2.52 bits per heavy atom. The van der Waals surface area contributed by atoms with Crippen molar-refractivity contribution in [2.24, 2.45) is 16.5 Å². The predicted molar refractivity (Wildman–Crippen MR) is 117 cm³/mol. The highest BCUT2D eigenvalue weighted by Gasteiger charge is 2.30. The van der Waals surface area contributed by atoms with E-state index in [0.717, 1.165) is 12.1 Å². The van der Waals surface area contributed by atoms with Gasteiger partial charge < -0.3 is 31.2 Å². The smallest absolute Gasteiger partial charge is 0.416 e. The van der Waals surface area contributed by atoms with Gasteiger partial charge in [-0.25, -0.2) is 0 Å². The molecule has 0 amide bonds. The quantitative estimate of drug-likeness (QED) is 0.239. The number of benzene rings is 2. The maximum Gasteiger partial charge on any atom is 0.416 e. The van der Waals surface area contributed by atoms with Crippen molar-refractivity contribution in [1.82, 2.24) is 15.2 Å². The molecule has 1 aromatic heterocycles. The first-order valence-corrected chi connectivity index (χ1v) is 9.33. The van der Waals surface area contributed by atoms with E-state index in [-0.39, 0.29) is 29.2 Å². The van der Waals surface area contributed by atoms with Crippen LogP contribution in [0.3, 0.4) is 0 Å². The second-order valence-corrected chi connectivity index (χ2v) is 6.54. The highest BCUT2D eigenvalue weighted by atomic mass is 19.4. The number of nitrogens with two attached hydrogens (primary N) is 2. The van der Waals surface area contributed by atoms with Gasteiger partial charge in [0.25, 0.3) is 0 Å². The van der Waals surface area contributed by atoms with Crippen LogP contribution in [0.25, 0.3) is 11.4 Å². The van der Waals surface area contributed by atoms with E-state index in [4.69, 9.17) is 20.9 Å². The number of aromatic amines is 1. The Balaban J connectivity index is 1.73. The number of hydrogen-bond donors (Lipinski definition) is 4. The molecule has 0 spiro atoms. The highest BCUT2D eigenvalue weighted by molar-refractivity contribution is 5.90. The molecule has 12 heteroatoms. The van der Waals surface area contributed by atoms with E-state index >= 15 is 0 Å². The maximum absolute atomic E-state index is 12.9. The summed E-state index contributed by atoms with van der Waals surface area (Å²) in [6, 6.07) is 11.4. The molecular weight excluding hydrogens is 439 g/mol. The summed E-state index contributed by atoms with van der Waals surface area (Å²) < 4.78 is 49.1. The van der Waals surface area contributed by atoms with E-state index in [1.807, 2.05) is 0 Å². The Hall–Kier alpha value is -4.48. The van der Waals surface area contributed by atoms with Gasteiger partial charge >= 0.3 is 6.18 Å². The number of aromatic nitrogens is 3. The van der Waals surface area contributed by atoms with Gasteiger partial charge in [-0.15, -0.1) is 10.2 Å². The van der Waals surface area contributed by atoms with Gasteiger partial charge in [-0.2, -0.15) is 18.2 Å². The summed E-state index contributed by atoms with van der Waals surface area (Å²) in [4.78, 5) is 6.85. The van der Waals surface area contributed by atoms with Crippen molar-refractivity contribution in [1.29, 1.82) is 0 Å². The molecule has 0 radical (unpaired) electrons. The minimum Gasteiger partial charge on any atom is -0.483 e. The monoisotopic (exact) mass is 459 g/mol. The molecule has 172 valence electrons. The SMILES string of the molecule is C=C(N)/N=C(\C=C(/N)OC)Oc1ccc(-c2nnc(Nc3cccc(C(F)(F)F)c3)[nH]2)cc1. The number of rotatable bonds is 7. The summed E-state index contributed by atoms with van der Waals surface area (Å²) in [7, 11) is 1.39. The molecule has 0 saturated heterocycles. The van der Waals surface area contributed by atoms with Gasteiger partial charge in [0, 0.05) is 11.3 Å². The summed E-state index contributed by atoms with van der Waals surface area (Å²) in [5, 5.41) is 10.7. The maximum atomic E-state index is 12.9. The lowest BCUT2D eigenvalue weighted by molar-refractivity contribution is -0.137. The van der Waals surface area contributed by atoms with Crippen LogP contribution in [0.2, 0.25) is 0 Å². The third-order valence-corrected chi connectivity index (χ3v) is 4.04. The summed E-state index contributed by atoms with van der Waals surface area (Å²) >= 11 is 0. The van der Waals surface area contributed by atoms with Crippen LogP contribution in [0, 0.1) is 0 Å². The van der Waals surface area contributed by atoms with Crippen molar-refractivity contribution in [2.75, 3.05) is 12.4 Å². The number of ether oxygens (including phenoxy) is 2. The molecule has 0 unspecified atom stereocenters. The fourth-order valence-electron chi connectivity index (χ4n) is 2.57. The van der Waals surface area contributed by atoms with Crippen molar-refractivity contribution in [3.63, 3.8) is 0 Å². The zero-order chi connectivity index (χ0) is 24.0. The van der Waals surface area contributed by atoms with Crippen LogP contribution in [-0.2, 0) is 10.9 Å². The summed E-state index contributed by atoms with van der Waals surface area (Å²) in [6.07, 6.45) is -3.10. The average Bonchev–Trinajstić information content (AvgIpc) is 3.21. The number of halogens is 3. The minimum absolute atomic E-state index is 0.0178. The predicted octanol–water partition coefficient (Wildman–Crippen LogP) is 3.89. The summed E-state index contributed by atoms with van der Waals surface area (Å²) in [5.41, 5.74) is 11.2. The van der Waals surface area contributed by atoms with Gasteiger partial charge in [0.1, 0.15) is 11.6 Å². The van der Waals surface area contributed by atoms with Crippen molar-refractivity contribution in [3.8, 4) is 17.1 Å². The standard InChI is InChI=1S/C21H20F3N7O2/c1-12(25)27-18(11-17(26)32-2)33-16-8-6-13(7-9-16)19-29-20(31-30-19)28-15-5-3-4-14(10-15)21(22,23)24/h3-11H,1,25-26H2,2H3,(H2,28,29,30,31)/b17-11+,27-18+. The molecule has 0 bridgehead atoms. The van der Waals surface area contributed by atoms with Crippen LogP contribution >= 0.6 is 0 Å². The molecule has 6 N–H and O–H groups in total. The van der Waals surface area contributed by atoms with Gasteiger partial charge in [-0.3, -0.25) is 0 Å². The zero-order valence-electron chi connectivity index (χ0n) is 17.3. The lowest BCUT2D eigenvalue weighted by Gasteiger charge is -2.08. The minimum atomic E-state index is -4.44. The Morgan fingerprint density at radius 2 is 1.88 bits per heavy atom. The second kappa shape index (κ2) is 9.77. The third-order valence-electron chi connectivity index (χ3n) is 4.04. The van der Waals surface area contributed by atoms with Gasteiger partial charge in [-0.1, -0.05) is 12.6 Å². The topological polar surface area (TPSA) is 136 Å². The van der Waals surface area contributed by atoms with Gasteiger partial charge in [0.15, 0.2) is 11.7 Å². The molecule has 0 aliphatic rings. The molecule has 0 aliphatic carbocycles. The third kappa shape index (κ3) is 6.50. The molecule has 3 rings (SSSR count). The second-order valence-electron chi connectivity index (χ2n) is 6.54. The van der Waals surface area contributed by atoms with E-state index in [0.29, 0.717) is 17.1 Å². The largest absolute Gasteiger partial charge is 0.483 e. The number of nitrogens with one attached hydrogen (secondary N) is 2. The first-order chi connectivity index (χ1) is 15.6. The molecule has 3 aromatic rings. The molecule has 1 heterocycles. The fraction of sp³-hybridized carbons (Fsp3) is 0.0952. The first kappa shape index (κ1) is 23.2. The molecule has 0 fully saturated rings. The van der Waals surface area contributed by atoms with Crippen molar-refractivity contribution in [2.45, 2.75) is 6.18 Å². The fourth-order valence-corrected chi connectivity index (χ4v) is 2.57. The number of alkyl halides is 3. The lowest BCUT2D eigenvalue weighted by Crippen LogP contribution is -2.12. The number of nitrogens with zero attached hydrogens (tertiary/aromatic N) is 3. The highest BCUT2D eigenvalue weighted by Crippen LogP contribution is 2.31. The Morgan fingerprint density at radius 1 is 1.15 bits per heavy atom. The Bertz CT molecular complexity index is 1190. The van der Waals surface area contributed by atoms with E-state index in [9.17, 15) is 13.2 Å². The molecular formula is C21H20F3N7O2. The van der Waals surface area contributed by atoms with E-state index in [2.05, 4.69) is 32.1 Å². The van der Waals surface area contributed by atoms with Crippen LogP contribution in [0.1, 0.15) is 5.56 Å². The molecule has 2 aromatic carbocycles. The first-order valence-electron chi connectivity index (χ1n) is 9.33. The van der Waals surface area contributed by atoms with Crippen molar-refractivity contribution >= 4 is 17.5 Å². The number of H-pyrrole nitrogens is 1. The molecule has 0 aliphatic heterocycles. The summed E-state index contributed by atoms with van der Waals surface area (Å²) in [5.74, 6) is 1.14. The van der Waals surface area contributed by atoms with E-state index in [1.165, 1.54) is 25.3 Å². The molecule has 33 heavy (non-hydrogen) atoms. The van der Waals surface area contributed by atoms with Gasteiger partial charge in [0.05, 0.1) is 18.7 Å². The normalized spacial score (nSPS) is 12.4. The lowest BCUT2D eigenvalue weighted by atomic mass is 10.2. The van der Waals surface area contributed by atoms with E-state index < -0.39 is 11.7 Å². The Kier molecular flexibility index (Phi) is 6.86. The van der Waals surface area contributed by atoms with Gasteiger partial charge in [-0.05, 0) is 42.5 Å². The molecule has 0 atom stereocenters. The number of hydrogen-bond acceptors (Lipinski definition) is 8. The van der Waals surface area contributed by atoms with E-state index in [1.54, 1.807) is 24.3 Å². The molecule has 9 nitrogen and oxygen atoms in total. The van der Waals surface area contributed by atoms with Gasteiger partial charge in [0.2, 0.25) is 11.8 Å². The summed E-state index contributed by atoms with van der Waals surface area (Å²) in [6.45, 7) is 3.49. The van der Waals surface area contributed by atoms with Crippen LogP contribution in [0.4, 0.5) is 24.8 Å². The number of anilines is 2. The molecule has 0 saturated carbocycles. The van der Waals surface area contributed by atoms with Crippen molar-refractivity contribution < 1.29 is 22.6 Å². The van der Waals surface area contributed by atoms with Crippen LogP contribution in [0.15, 0.2) is 77.9 Å². The number of aliphatic imine (C=N–C) groups is 1. The Labute approximate surface area is 186 Å². The van der Waals surface area contributed by atoms with Crippen molar-refractivity contribution in [3.05, 3.63) is 78.5 Å². The van der Waals surface area contributed by atoms with Crippen LogP contribution in [-0.4, -0.2) is 28.2 Å².